The van der Waals surface area contributed by atoms with E-state index in [4.69, 9.17) is 14.6 Å². The number of nitrogens with one attached hydrogen (secondary N) is 1. The van der Waals surface area contributed by atoms with Gasteiger partial charge in [0, 0.05) is 6.54 Å². The molecule has 0 aromatic carbocycles. The van der Waals surface area contributed by atoms with E-state index in [-0.39, 0.29) is 13.2 Å². The molecule has 1 saturated heterocycles. The molecular weight excluding hydrogens is 378 g/mol. The number of hydrogen-bond donors (Lipinski definition) is 6. The topological polar surface area (TPSA) is 132 Å². The third-order valence-electron chi connectivity index (χ3n) is 5.11. The molecule has 8 heteroatoms. The maximum absolute atomic E-state index is 9.95. The van der Waals surface area contributed by atoms with Crippen LogP contribution in [0.1, 0.15) is 64.7 Å². The number of allylic oxidation sites excluding steroid dienone is 1. The Morgan fingerprint density at radius 1 is 0.966 bits per heavy atom. The van der Waals surface area contributed by atoms with Gasteiger partial charge >= 0.3 is 0 Å². The van der Waals surface area contributed by atoms with Gasteiger partial charge in [0.15, 0.2) is 6.29 Å². The zero-order valence-electron chi connectivity index (χ0n) is 17.7. The minimum Gasteiger partial charge on any atom is -0.394 e. The molecule has 8 nitrogen and oxygen atoms in total. The van der Waals surface area contributed by atoms with Crippen LogP contribution in [0.25, 0.3) is 0 Å². The summed E-state index contributed by atoms with van der Waals surface area (Å²) in [6.45, 7) is 1.86. The van der Waals surface area contributed by atoms with E-state index < -0.39 is 43.4 Å². The second kappa shape index (κ2) is 16.0. The number of aliphatic hydroxyl groups is 5. The molecule has 0 saturated carbocycles. The van der Waals surface area contributed by atoms with E-state index in [0.29, 0.717) is 0 Å². The highest BCUT2D eigenvalue weighted by molar-refractivity contribution is 4.89. The van der Waals surface area contributed by atoms with Crippen LogP contribution < -0.4 is 5.32 Å². The fourth-order valence-corrected chi connectivity index (χ4v) is 3.24. The number of aliphatic hydroxyl groups excluding tert-OH is 5. The Morgan fingerprint density at radius 2 is 1.62 bits per heavy atom. The third-order valence-corrected chi connectivity index (χ3v) is 5.11. The molecular formula is C21H41NO7. The molecule has 0 bridgehead atoms. The second-order valence-corrected chi connectivity index (χ2v) is 7.76. The summed E-state index contributed by atoms with van der Waals surface area (Å²) in [4.78, 5) is 0. The summed E-state index contributed by atoms with van der Waals surface area (Å²) in [6, 6.07) is 0. The minimum absolute atomic E-state index is 0.123. The number of unbranched alkanes of at least 4 members (excludes halogenated alkanes) is 8. The van der Waals surface area contributed by atoms with Crippen LogP contribution >= 0.6 is 0 Å². The largest absolute Gasteiger partial charge is 0.394 e. The third kappa shape index (κ3) is 10.7. The molecule has 1 aliphatic rings. The van der Waals surface area contributed by atoms with Gasteiger partial charge in [0.25, 0.3) is 0 Å². The quantitative estimate of drug-likeness (QED) is 0.203. The molecule has 0 aromatic rings. The molecule has 172 valence electrons. The highest BCUT2D eigenvalue weighted by Crippen LogP contribution is 2.22. The van der Waals surface area contributed by atoms with Crippen molar-refractivity contribution in [1.82, 2.24) is 5.32 Å². The fraction of sp³-hybridized carbons (Fsp3) is 0.905. The van der Waals surface area contributed by atoms with Gasteiger partial charge in [-0.05, 0) is 19.0 Å². The van der Waals surface area contributed by atoms with Crippen LogP contribution in [0.3, 0.4) is 0 Å². The maximum atomic E-state index is 9.95. The number of hydrogen-bond acceptors (Lipinski definition) is 8. The van der Waals surface area contributed by atoms with E-state index in [9.17, 15) is 20.4 Å². The summed E-state index contributed by atoms with van der Waals surface area (Å²) in [7, 11) is 0. The first-order valence-corrected chi connectivity index (χ1v) is 11.0. The highest BCUT2D eigenvalue weighted by atomic mass is 16.7. The van der Waals surface area contributed by atoms with E-state index in [1.54, 1.807) is 0 Å². The van der Waals surface area contributed by atoms with Gasteiger partial charge in [-0.1, -0.05) is 57.9 Å². The van der Waals surface area contributed by atoms with Gasteiger partial charge in [0.05, 0.1) is 19.3 Å². The Bertz CT molecular complexity index is 422. The zero-order valence-corrected chi connectivity index (χ0v) is 17.7. The molecule has 1 aliphatic heterocycles. The van der Waals surface area contributed by atoms with Gasteiger partial charge in [-0.15, -0.1) is 0 Å². The normalized spacial score (nSPS) is 28.7. The Kier molecular flexibility index (Phi) is 14.5. The van der Waals surface area contributed by atoms with Crippen molar-refractivity contribution in [2.45, 2.75) is 102 Å². The average molecular weight is 420 g/mol. The average Bonchev–Trinajstić information content (AvgIpc) is 2.72. The summed E-state index contributed by atoms with van der Waals surface area (Å²) in [6.07, 6.45) is 7.74. The van der Waals surface area contributed by atoms with Crippen LogP contribution in [0.4, 0.5) is 0 Å². The first kappa shape index (κ1) is 26.3. The van der Waals surface area contributed by atoms with Crippen molar-refractivity contribution >= 4 is 0 Å². The summed E-state index contributed by atoms with van der Waals surface area (Å²) in [5.74, 6) is 0. The molecule has 1 fully saturated rings. The van der Waals surface area contributed by atoms with Crippen LogP contribution in [0.2, 0.25) is 0 Å². The molecule has 0 radical (unpaired) electrons. The summed E-state index contributed by atoms with van der Waals surface area (Å²) in [5.41, 5.74) is 0. The van der Waals surface area contributed by atoms with Crippen LogP contribution in [-0.2, 0) is 9.47 Å². The van der Waals surface area contributed by atoms with Gasteiger partial charge in [0.2, 0.25) is 0 Å². The van der Waals surface area contributed by atoms with E-state index in [2.05, 4.69) is 12.2 Å². The summed E-state index contributed by atoms with van der Waals surface area (Å²) >= 11 is 0. The molecule has 0 aliphatic carbocycles. The smallest absolute Gasteiger partial charge is 0.186 e. The molecule has 1 unspecified atom stereocenters. The molecule has 6 N–H and O–H groups in total. The molecule has 1 rings (SSSR count). The van der Waals surface area contributed by atoms with Crippen molar-refractivity contribution < 1.29 is 35.0 Å². The van der Waals surface area contributed by atoms with Crippen LogP contribution in [0.15, 0.2) is 12.3 Å². The van der Waals surface area contributed by atoms with Gasteiger partial charge < -0.3 is 40.3 Å². The zero-order chi connectivity index (χ0) is 21.5. The molecule has 0 aromatic heterocycles. The van der Waals surface area contributed by atoms with Crippen LogP contribution in [-0.4, -0.2) is 82.1 Å². The van der Waals surface area contributed by atoms with E-state index in [1.165, 1.54) is 44.9 Å². The highest BCUT2D eigenvalue weighted by Gasteiger charge is 2.44. The van der Waals surface area contributed by atoms with Crippen LogP contribution in [0.5, 0.6) is 0 Å². The first-order valence-electron chi connectivity index (χ1n) is 11.0. The first-order chi connectivity index (χ1) is 14.0. The van der Waals surface area contributed by atoms with Crippen molar-refractivity contribution in [3.8, 4) is 0 Å². The van der Waals surface area contributed by atoms with E-state index in [0.717, 1.165) is 12.8 Å². The lowest BCUT2D eigenvalue weighted by Gasteiger charge is -2.39. The van der Waals surface area contributed by atoms with Crippen molar-refractivity contribution in [3.05, 3.63) is 12.3 Å². The van der Waals surface area contributed by atoms with Gasteiger partial charge in [0.1, 0.15) is 24.4 Å². The number of rotatable bonds is 16. The Labute approximate surface area is 174 Å². The van der Waals surface area contributed by atoms with Gasteiger partial charge in [-0.2, -0.15) is 0 Å². The van der Waals surface area contributed by atoms with Crippen molar-refractivity contribution in [3.63, 3.8) is 0 Å². The molecule has 0 amide bonds. The second-order valence-electron chi connectivity index (χ2n) is 7.76. The van der Waals surface area contributed by atoms with E-state index in [1.807, 2.05) is 12.3 Å². The Morgan fingerprint density at radius 3 is 2.28 bits per heavy atom. The molecule has 0 spiro atoms. The van der Waals surface area contributed by atoms with Crippen molar-refractivity contribution in [2.75, 3.05) is 19.8 Å². The SMILES string of the molecule is CCCCCCCCCCC=CNCC(O)CO[C@H]1O[C@H](CO)[C@H](O)[C@H](O)[C@H]1O. The lowest BCUT2D eigenvalue weighted by Crippen LogP contribution is -2.59. The van der Waals surface area contributed by atoms with Crippen LogP contribution in [0, 0.1) is 0 Å². The molecule has 1 heterocycles. The van der Waals surface area contributed by atoms with Gasteiger partial charge in [-0.3, -0.25) is 0 Å². The van der Waals surface area contributed by atoms with Gasteiger partial charge in [-0.25, -0.2) is 0 Å². The molecule has 6 atom stereocenters. The van der Waals surface area contributed by atoms with Crippen molar-refractivity contribution in [2.24, 2.45) is 0 Å². The summed E-state index contributed by atoms with van der Waals surface area (Å²) in [5, 5.41) is 51.4. The lowest BCUT2D eigenvalue weighted by molar-refractivity contribution is -0.304. The number of ether oxygens (including phenoxy) is 2. The predicted octanol–water partition coefficient (Wildman–Crippen LogP) is 0.798. The Balaban J connectivity index is 2.06. The minimum atomic E-state index is -1.49. The standard InChI is InChI=1S/C21H41NO7/c1-2-3-4-5-6-7-8-9-10-11-12-22-13-16(24)15-28-21-20(27)19(26)18(25)17(14-23)29-21/h11-12,16-27H,2-10,13-15H2,1H3/t16?,17-,18+,19+,20-,21+/m1/s1. The fourth-order valence-electron chi connectivity index (χ4n) is 3.24. The Hall–Kier alpha value is -0.740. The predicted molar refractivity (Wildman–Crippen MR) is 110 cm³/mol. The summed E-state index contributed by atoms with van der Waals surface area (Å²) < 4.78 is 10.5. The monoisotopic (exact) mass is 419 g/mol. The lowest BCUT2D eigenvalue weighted by atomic mass is 9.99. The van der Waals surface area contributed by atoms with Crippen molar-refractivity contribution in [1.29, 1.82) is 0 Å². The maximum Gasteiger partial charge on any atom is 0.186 e. The van der Waals surface area contributed by atoms with E-state index >= 15 is 0 Å². The molecule has 29 heavy (non-hydrogen) atoms.